The Balaban J connectivity index is 1.93. The van der Waals surface area contributed by atoms with Gasteiger partial charge in [-0.3, -0.25) is 4.79 Å². The summed E-state index contributed by atoms with van der Waals surface area (Å²) in [7, 11) is 0. The van der Waals surface area contributed by atoms with E-state index in [4.69, 9.17) is 5.11 Å². The van der Waals surface area contributed by atoms with Crippen molar-refractivity contribution >= 4 is 23.4 Å². The number of carboxylic acid groups (broad SMARTS) is 1. The van der Waals surface area contributed by atoms with Crippen LogP contribution in [0.5, 0.6) is 0 Å². The van der Waals surface area contributed by atoms with Gasteiger partial charge in [0.25, 0.3) is 0 Å². The summed E-state index contributed by atoms with van der Waals surface area (Å²) in [4.78, 5) is 22.3. The summed E-state index contributed by atoms with van der Waals surface area (Å²) in [6.45, 7) is 0. The van der Waals surface area contributed by atoms with Gasteiger partial charge >= 0.3 is 12.0 Å². The summed E-state index contributed by atoms with van der Waals surface area (Å²) in [5.74, 6) is -1.29. The molecule has 0 atom stereocenters. The molecule has 2 amide bonds. The van der Waals surface area contributed by atoms with Crippen LogP contribution < -0.4 is 10.6 Å². The molecule has 2 aromatic carbocycles. The molecule has 0 aliphatic heterocycles. The van der Waals surface area contributed by atoms with Crippen LogP contribution in [0, 0.1) is 5.82 Å². The maximum Gasteiger partial charge on any atom is 0.323 e. The second-order valence-electron chi connectivity index (χ2n) is 4.35. The normalized spacial score (nSPS) is 9.95. The van der Waals surface area contributed by atoms with Crippen LogP contribution in [-0.4, -0.2) is 17.1 Å². The Hall–Kier alpha value is -2.89. The molecule has 0 radical (unpaired) electrons. The van der Waals surface area contributed by atoms with Crippen LogP contribution in [0.4, 0.5) is 20.6 Å². The SMILES string of the molecule is O=C(O)Cc1ccc(NC(=O)Nc2ccc(F)cc2)cc1. The molecule has 2 aromatic rings. The van der Waals surface area contributed by atoms with Gasteiger partial charge in [-0.05, 0) is 42.0 Å². The minimum Gasteiger partial charge on any atom is -0.481 e. The molecule has 0 saturated heterocycles. The maximum atomic E-state index is 12.7. The number of rotatable bonds is 4. The van der Waals surface area contributed by atoms with E-state index in [0.29, 0.717) is 16.9 Å². The van der Waals surface area contributed by atoms with E-state index in [2.05, 4.69) is 10.6 Å². The van der Waals surface area contributed by atoms with Gasteiger partial charge in [0.1, 0.15) is 5.82 Å². The average molecular weight is 288 g/mol. The number of aliphatic carboxylic acids is 1. The molecule has 0 saturated carbocycles. The molecule has 3 N–H and O–H groups in total. The Morgan fingerprint density at radius 2 is 1.38 bits per heavy atom. The number of amides is 2. The van der Waals surface area contributed by atoms with Gasteiger partial charge in [-0.25, -0.2) is 9.18 Å². The van der Waals surface area contributed by atoms with Crippen molar-refractivity contribution in [2.75, 3.05) is 10.6 Å². The molecule has 5 nitrogen and oxygen atoms in total. The third kappa shape index (κ3) is 4.61. The zero-order valence-electron chi connectivity index (χ0n) is 11.0. The first kappa shape index (κ1) is 14.5. The van der Waals surface area contributed by atoms with Gasteiger partial charge in [0.15, 0.2) is 0 Å². The average Bonchev–Trinajstić information content (AvgIpc) is 2.43. The fourth-order valence-corrected chi connectivity index (χ4v) is 1.71. The molecular formula is C15H13FN2O3. The zero-order chi connectivity index (χ0) is 15.2. The van der Waals surface area contributed by atoms with Gasteiger partial charge in [-0.15, -0.1) is 0 Å². The monoisotopic (exact) mass is 288 g/mol. The summed E-state index contributed by atoms with van der Waals surface area (Å²) in [6.07, 6.45) is -0.0674. The van der Waals surface area contributed by atoms with Crippen molar-refractivity contribution in [3.63, 3.8) is 0 Å². The molecule has 0 bridgehead atoms. The quantitative estimate of drug-likeness (QED) is 0.809. The van der Waals surface area contributed by atoms with Gasteiger partial charge in [0.2, 0.25) is 0 Å². The summed E-state index contributed by atoms with van der Waals surface area (Å²) in [6, 6.07) is 11.4. The predicted molar refractivity (Wildman–Crippen MR) is 76.8 cm³/mol. The molecule has 0 aliphatic carbocycles. The molecule has 0 heterocycles. The van der Waals surface area contributed by atoms with Crippen LogP contribution >= 0.6 is 0 Å². The van der Waals surface area contributed by atoms with Crippen molar-refractivity contribution < 1.29 is 19.1 Å². The minimum atomic E-state index is -0.912. The molecule has 0 unspecified atom stereocenters. The van der Waals surface area contributed by atoms with Gasteiger partial charge in [0.05, 0.1) is 6.42 Å². The second kappa shape index (κ2) is 6.51. The predicted octanol–water partition coefficient (Wildman–Crippen LogP) is 3.10. The summed E-state index contributed by atoms with van der Waals surface area (Å²) in [5, 5.41) is 13.8. The first-order valence-electron chi connectivity index (χ1n) is 6.17. The third-order valence-corrected chi connectivity index (χ3v) is 2.67. The standard InChI is InChI=1S/C15H13FN2O3/c16-11-3-7-13(8-4-11)18-15(21)17-12-5-1-10(2-6-12)9-14(19)20/h1-8H,9H2,(H,19,20)(H2,17,18,21). The minimum absolute atomic E-state index is 0.0674. The lowest BCUT2D eigenvalue weighted by Crippen LogP contribution is -2.19. The second-order valence-corrected chi connectivity index (χ2v) is 4.35. The lowest BCUT2D eigenvalue weighted by Gasteiger charge is -2.08. The van der Waals surface area contributed by atoms with E-state index in [-0.39, 0.29) is 12.2 Å². The number of hydrogen-bond donors (Lipinski definition) is 3. The largest absolute Gasteiger partial charge is 0.481 e. The van der Waals surface area contributed by atoms with Gasteiger partial charge in [-0.2, -0.15) is 0 Å². The van der Waals surface area contributed by atoms with Gasteiger partial charge in [-0.1, -0.05) is 12.1 Å². The number of hydrogen-bond acceptors (Lipinski definition) is 2. The van der Waals surface area contributed by atoms with E-state index in [1.54, 1.807) is 24.3 Å². The number of urea groups is 1. The van der Waals surface area contributed by atoms with E-state index >= 15 is 0 Å². The molecule has 0 fully saturated rings. The van der Waals surface area contributed by atoms with E-state index in [0.717, 1.165) is 0 Å². The van der Waals surface area contributed by atoms with Crippen LogP contribution in [0.25, 0.3) is 0 Å². The zero-order valence-corrected chi connectivity index (χ0v) is 11.0. The molecular weight excluding hydrogens is 275 g/mol. The molecule has 6 heteroatoms. The van der Waals surface area contributed by atoms with E-state index < -0.39 is 12.0 Å². The summed E-state index contributed by atoms with van der Waals surface area (Å²) < 4.78 is 12.7. The van der Waals surface area contributed by atoms with Crippen LogP contribution in [-0.2, 0) is 11.2 Å². The number of nitrogens with one attached hydrogen (secondary N) is 2. The van der Waals surface area contributed by atoms with Gasteiger partial charge in [0, 0.05) is 11.4 Å². The van der Waals surface area contributed by atoms with Crippen molar-refractivity contribution in [1.29, 1.82) is 0 Å². The number of anilines is 2. The lowest BCUT2D eigenvalue weighted by atomic mass is 10.1. The van der Waals surface area contributed by atoms with Gasteiger partial charge < -0.3 is 15.7 Å². The van der Waals surface area contributed by atoms with Crippen molar-refractivity contribution in [2.24, 2.45) is 0 Å². The van der Waals surface area contributed by atoms with E-state index in [1.165, 1.54) is 24.3 Å². The van der Waals surface area contributed by atoms with Crippen molar-refractivity contribution in [3.8, 4) is 0 Å². The molecule has 0 aliphatic rings. The number of benzene rings is 2. The maximum absolute atomic E-state index is 12.7. The number of halogens is 1. The molecule has 2 rings (SSSR count). The Morgan fingerprint density at radius 3 is 1.86 bits per heavy atom. The Morgan fingerprint density at radius 1 is 0.905 bits per heavy atom. The number of carbonyl (C=O) groups is 2. The molecule has 0 spiro atoms. The van der Waals surface area contributed by atoms with Crippen LogP contribution in [0.15, 0.2) is 48.5 Å². The Bertz CT molecular complexity index is 639. The van der Waals surface area contributed by atoms with Crippen LogP contribution in [0.2, 0.25) is 0 Å². The van der Waals surface area contributed by atoms with Crippen molar-refractivity contribution in [1.82, 2.24) is 0 Å². The lowest BCUT2D eigenvalue weighted by molar-refractivity contribution is -0.136. The van der Waals surface area contributed by atoms with Crippen molar-refractivity contribution in [2.45, 2.75) is 6.42 Å². The highest BCUT2D eigenvalue weighted by molar-refractivity contribution is 5.99. The van der Waals surface area contributed by atoms with Crippen molar-refractivity contribution in [3.05, 3.63) is 59.9 Å². The Labute approximate surface area is 120 Å². The van der Waals surface area contributed by atoms with E-state index in [9.17, 15) is 14.0 Å². The fourth-order valence-electron chi connectivity index (χ4n) is 1.71. The molecule has 21 heavy (non-hydrogen) atoms. The first-order chi connectivity index (χ1) is 10.0. The highest BCUT2D eigenvalue weighted by Crippen LogP contribution is 2.12. The highest BCUT2D eigenvalue weighted by atomic mass is 19.1. The van der Waals surface area contributed by atoms with E-state index in [1.807, 2.05) is 0 Å². The third-order valence-electron chi connectivity index (χ3n) is 2.67. The highest BCUT2D eigenvalue weighted by Gasteiger charge is 2.04. The summed E-state index contributed by atoms with van der Waals surface area (Å²) >= 11 is 0. The first-order valence-corrected chi connectivity index (χ1v) is 6.17. The molecule has 108 valence electrons. The molecule has 0 aromatic heterocycles. The fraction of sp³-hybridized carbons (Fsp3) is 0.0667. The Kier molecular flexibility index (Phi) is 4.50. The van der Waals surface area contributed by atoms with Crippen LogP contribution in [0.1, 0.15) is 5.56 Å². The number of carbonyl (C=O) groups excluding carboxylic acids is 1. The summed E-state index contributed by atoms with van der Waals surface area (Å²) in [5.41, 5.74) is 1.65. The topological polar surface area (TPSA) is 78.4 Å². The van der Waals surface area contributed by atoms with Crippen LogP contribution in [0.3, 0.4) is 0 Å². The number of carboxylic acids is 1. The smallest absolute Gasteiger partial charge is 0.323 e.